The predicted molar refractivity (Wildman–Crippen MR) is 36.2 cm³/mol. The summed E-state index contributed by atoms with van der Waals surface area (Å²) >= 11 is 0. The fourth-order valence-corrected chi connectivity index (χ4v) is 0.687. The van der Waals surface area contributed by atoms with Crippen LogP contribution in [0.5, 0.6) is 0 Å². The number of amides is 2. The molecule has 0 unspecified atom stereocenters. The summed E-state index contributed by atoms with van der Waals surface area (Å²) in [5, 5.41) is 0. The average molecular weight is 124 g/mol. The molecule has 0 N–H and O–H groups in total. The van der Waals surface area contributed by atoms with E-state index >= 15 is 0 Å². The molecule has 0 radical (unpaired) electrons. The Labute approximate surface area is 53.5 Å². The number of hydrogen-bond donors (Lipinski definition) is 0. The molecule has 1 aliphatic rings. The maximum absolute atomic E-state index is 10.3. The first-order chi connectivity index (χ1) is 4.33. The molecule has 0 atom stereocenters. The minimum atomic E-state index is -0.363. The monoisotopic (exact) mass is 124 g/mol. The third kappa shape index (κ3) is 1.45. The van der Waals surface area contributed by atoms with Crippen molar-refractivity contribution in [1.82, 2.24) is 0 Å². The van der Waals surface area contributed by atoms with Crippen LogP contribution in [0, 0.1) is 0 Å². The summed E-state index contributed by atoms with van der Waals surface area (Å²) in [6.45, 7) is 2.04. The Hall–Kier alpha value is -0.990. The van der Waals surface area contributed by atoms with E-state index in [1.165, 1.54) is 6.21 Å². The molecule has 0 aliphatic carbocycles. The first kappa shape index (κ1) is 6.13. The Morgan fingerprint density at radius 2 is 2.44 bits per heavy atom. The molecule has 48 valence electrons. The summed E-state index contributed by atoms with van der Waals surface area (Å²) in [6.07, 6.45) is 3.40. The van der Waals surface area contributed by atoms with Gasteiger partial charge in [0.05, 0.1) is 11.9 Å². The van der Waals surface area contributed by atoms with Gasteiger partial charge in [0.25, 0.3) is 0 Å². The van der Waals surface area contributed by atoms with Gasteiger partial charge in [0.1, 0.15) is 0 Å². The van der Waals surface area contributed by atoms with Gasteiger partial charge in [-0.3, -0.25) is 0 Å². The normalized spacial score (nSPS) is 16.6. The van der Waals surface area contributed by atoms with Gasteiger partial charge in [0.15, 0.2) is 0 Å². The zero-order valence-corrected chi connectivity index (χ0v) is 5.29. The smallest absolute Gasteiger partial charge is 0.244 e. The van der Waals surface area contributed by atoms with Crippen LogP contribution in [0.1, 0.15) is 19.8 Å². The van der Waals surface area contributed by atoms with Crippen LogP contribution >= 0.6 is 0 Å². The molecule has 0 aromatic carbocycles. The van der Waals surface area contributed by atoms with Gasteiger partial charge in [0, 0.05) is 0 Å². The molecule has 9 heavy (non-hydrogen) atoms. The van der Waals surface area contributed by atoms with E-state index in [-0.39, 0.29) is 6.03 Å². The summed E-state index contributed by atoms with van der Waals surface area (Å²) in [4.78, 5) is 17.4. The molecule has 0 aromatic rings. The highest BCUT2D eigenvalue weighted by Crippen LogP contribution is 1.97. The van der Waals surface area contributed by atoms with E-state index in [9.17, 15) is 4.79 Å². The highest BCUT2D eigenvalue weighted by atomic mass is 16.2. The van der Waals surface area contributed by atoms with Gasteiger partial charge in [-0.15, -0.1) is 0 Å². The van der Waals surface area contributed by atoms with E-state index in [0.29, 0.717) is 0 Å². The lowest BCUT2D eigenvalue weighted by Crippen LogP contribution is -1.93. The van der Waals surface area contributed by atoms with Gasteiger partial charge in [-0.2, -0.15) is 9.98 Å². The Morgan fingerprint density at radius 3 is 2.89 bits per heavy atom. The van der Waals surface area contributed by atoms with Crippen LogP contribution in [-0.4, -0.2) is 18.0 Å². The van der Waals surface area contributed by atoms with E-state index in [1.54, 1.807) is 0 Å². The van der Waals surface area contributed by atoms with E-state index < -0.39 is 0 Å². The number of carbonyl (C=O) groups is 1. The third-order valence-corrected chi connectivity index (χ3v) is 1.07. The van der Waals surface area contributed by atoms with Crippen LogP contribution in [-0.2, 0) is 0 Å². The van der Waals surface area contributed by atoms with Crippen LogP contribution in [0.3, 0.4) is 0 Å². The van der Waals surface area contributed by atoms with Crippen molar-refractivity contribution in [3.8, 4) is 0 Å². The van der Waals surface area contributed by atoms with Crippen molar-refractivity contribution in [2.45, 2.75) is 19.8 Å². The number of carbonyl (C=O) groups excluding carboxylic acids is 1. The van der Waals surface area contributed by atoms with Crippen molar-refractivity contribution in [2.24, 2.45) is 9.98 Å². The summed E-state index contributed by atoms with van der Waals surface area (Å²) in [5.41, 5.74) is 0.808. The van der Waals surface area contributed by atoms with Crippen molar-refractivity contribution < 1.29 is 4.79 Å². The Bertz CT molecular complexity index is 181. The first-order valence-corrected chi connectivity index (χ1v) is 2.98. The maximum atomic E-state index is 10.3. The summed E-state index contributed by atoms with van der Waals surface area (Å²) in [6, 6.07) is -0.363. The average Bonchev–Trinajstić information content (AvgIpc) is 2.17. The number of nitrogens with zero attached hydrogens (tertiary/aromatic N) is 2. The van der Waals surface area contributed by atoms with Crippen LogP contribution in [0.15, 0.2) is 9.98 Å². The fraction of sp³-hybridized carbons (Fsp3) is 0.500. The Kier molecular flexibility index (Phi) is 1.72. The van der Waals surface area contributed by atoms with Crippen molar-refractivity contribution in [2.75, 3.05) is 0 Å². The molecule has 0 spiro atoms. The zero-order chi connectivity index (χ0) is 6.69. The molecule has 0 aromatic heterocycles. The molecule has 3 heteroatoms. The number of rotatable bonds is 2. The maximum Gasteiger partial charge on any atom is 0.367 e. The fourth-order valence-electron chi connectivity index (χ4n) is 0.687. The van der Waals surface area contributed by atoms with Crippen LogP contribution in [0.2, 0.25) is 0 Å². The Morgan fingerprint density at radius 1 is 1.67 bits per heavy atom. The quantitative estimate of drug-likeness (QED) is 0.549. The van der Waals surface area contributed by atoms with Crippen LogP contribution in [0.25, 0.3) is 0 Å². The molecule has 1 heterocycles. The van der Waals surface area contributed by atoms with Crippen molar-refractivity contribution in [3.05, 3.63) is 0 Å². The second-order valence-electron chi connectivity index (χ2n) is 1.89. The minimum Gasteiger partial charge on any atom is -0.244 e. The summed E-state index contributed by atoms with van der Waals surface area (Å²) in [7, 11) is 0. The van der Waals surface area contributed by atoms with Gasteiger partial charge in [-0.1, -0.05) is 13.3 Å². The second-order valence-corrected chi connectivity index (χ2v) is 1.89. The van der Waals surface area contributed by atoms with Crippen LogP contribution in [0.4, 0.5) is 4.79 Å². The lowest BCUT2D eigenvalue weighted by atomic mass is 10.2. The van der Waals surface area contributed by atoms with Crippen molar-refractivity contribution in [1.29, 1.82) is 0 Å². The summed E-state index contributed by atoms with van der Waals surface area (Å²) in [5.74, 6) is 0. The molecule has 1 aliphatic heterocycles. The van der Waals surface area contributed by atoms with E-state index in [4.69, 9.17) is 0 Å². The van der Waals surface area contributed by atoms with Gasteiger partial charge < -0.3 is 0 Å². The zero-order valence-electron chi connectivity index (χ0n) is 5.29. The Balaban J connectivity index is 2.53. The van der Waals surface area contributed by atoms with Crippen molar-refractivity contribution >= 4 is 18.0 Å². The topological polar surface area (TPSA) is 41.8 Å². The molecule has 3 nitrogen and oxygen atoms in total. The molecular formula is C6H8N2O. The molecule has 0 saturated carbocycles. The van der Waals surface area contributed by atoms with E-state index in [2.05, 4.69) is 9.98 Å². The second kappa shape index (κ2) is 2.53. The van der Waals surface area contributed by atoms with Gasteiger partial charge in [0.2, 0.25) is 0 Å². The van der Waals surface area contributed by atoms with Gasteiger partial charge in [-0.05, 0) is 6.42 Å². The molecule has 0 bridgehead atoms. The molecule has 2 amide bonds. The van der Waals surface area contributed by atoms with Gasteiger partial charge in [-0.25, -0.2) is 4.79 Å². The van der Waals surface area contributed by atoms with Crippen LogP contribution < -0.4 is 0 Å². The number of urea groups is 1. The highest BCUT2D eigenvalue weighted by Gasteiger charge is 2.05. The lowest BCUT2D eigenvalue weighted by Gasteiger charge is -1.86. The lowest BCUT2D eigenvalue weighted by molar-refractivity contribution is 0.257. The molecule has 0 fully saturated rings. The minimum absolute atomic E-state index is 0.363. The molecule has 0 saturated heterocycles. The number of aliphatic imine (C=N–C) groups is 2. The van der Waals surface area contributed by atoms with Crippen molar-refractivity contribution in [3.63, 3.8) is 0 Å². The van der Waals surface area contributed by atoms with E-state index in [0.717, 1.165) is 18.6 Å². The highest BCUT2D eigenvalue weighted by molar-refractivity contribution is 6.37. The molecule has 1 rings (SSSR count). The third-order valence-electron chi connectivity index (χ3n) is 1.07. The summed E-state index contributed by atoms with van der Waals surface area (Å²) < 4.78 is 0. The van der Waals surface area contributed by atoms with E-state index in [1.807, 2.05) is 6.92 Å². The van der Waals surface area contributed by atoms with Gasteiger partial charge >= 0.3 is 6.03 Å². The predicted octanol–water partition coefficient (Wildman–Crippen LogP) is 1.43. The largest absolute Gasteiger partial charge is 0.367 e. The number of hydrogen-bond acceptors (Lipinski definition) is 1. The standard InChI is InChI=1S/C6H8N2O/c1-2-3-5-4-7-6(9)8-5/h4H,2-3H2,1H3. The molecular weight excluding hydrogens is 116 g/mol. The SMILES string of the molecule is CCCC1=NC(=O)N=C1. The first-order valence-electron chi connectivity index (χ1n) is 2.98.